The second-order valence-electron chi connectivity index (χ2n) is 6.44. The van der Waals surface area contributed by atoms with Gasteiger partial charge < -0.3 is 10.6 Å². The van der Waals surface area contributed by atoms with E-state index < -0.39 is 0 Å². The first kappa shape index (κ1) is 18.8. The maximum Gasteiger partial charge on any atom is 0.256 e. The summed E-state index contributed by atoms with van der Waals surface area (Å²) < 4.78 is 0. The summed E-state index contributed by atoms with van der Waals surface area (Å²) in [5, 5.41) is 8.45. The molecule has 0 atom stereocenters. The SMILES string of the molecule is CCNC(=O)c1cccc(NC(=O)c2cc(-c3cccs3)nc3ccccc23)c1. The number of rotatable bonds is 5. The summed E-state index contributed by atoms with van der Waals surface area (Å²) >= 11 is 1.58. The van der Waals surface area contributed by atoms with Crippen LogP contribution in [0.15, 0.2) is 72.1 Å². The van der Waals surface area contributed by atoms with Crippen LogP contribution < -0.4 is 10.6 Å². The van der Waals surface area contributed by atoms with Crippen LogP contribution in [-0.4, -0.2) is 23.3 Å². The third-order valence-corrected chi connectivity index (χ3v) is 5.35. The van der Waals surface area contributed by atoms with Gasteiger partial charge in [-0.1, -0.05) is 30.3 Å². The molecule has 2 aromatic carbocycles. The van der Waals surface area contributed by atoms with Crippen molar-refractivity contribution in [1.29, 1.82) is 0 Å². The molecule has 0 saturated carbocycles. The number of fused-ring (bicyclic) bond motifs is 1. The van der Waals surface area contributed by atoms with Crippen molar-refractivity contribution in [3.8, 4) is 10.6 Å². The lowest BCUT2D eigenvalue weighted by molar-refractivity contribution is 0.0954. The van der Waals surface area contributed by atoms with Crippen LogP contribution >= 0.6 is 11.3 Å². The zero-order valence-corrected chi connectivity index (χ0v) is 16.6. The van der Waals surface area contributed by atoms with Crippen molar-refractivity contribution >= 4 is 39.7 Å². The van der Waals surface area contributed by atoms with Crippen LogP contribution in [0.1, 0.15) is 27.6 Å². The molecule has 2 amide bonds. The number of para-hydroxylation sites is 1. The highest BCUT2D eigenvalue weighted by Gasteiger charge is 2.15. The van der Waals surface area contributed by atoms with Crippen molar-refractivity contribution in [2.75, 3.05) is 11.9 Å². The fraction of sp³-hybridized carbons (Fsp3) is 0.0870. The standard InChI is InChI=1S/C23H19N3O2S/c1-2-24-22(27)15-7-5-8-16(13-15)25-23(28)18-14-20(21-11-6-12-29-21)26-19-10-4-3-9-17(18)19/h3-14H,2H2,1H3,(H,24,27)(H,25,28). The van der Waals surface area contributed by atoms with E-state index in [0.29, 0.717) is 23.4 Å². The van der Waals surface area contributed by atoms with Gasteiger partial charge >= 0.3 is 0 Å². The number of amides is 2. The molecule has 4 aromatic rings. The second-order valence-corrected chi connectivity index (χ2v) is 7.39. The first-order valence-corrected chi connectivity index (χ1v) is 10.2. The van der Waals surface area contributed by atoms with Gasteiger partial charge in [-0.25, -0.2) is 4.98 Å². The first-order valence-electron chi connectivity index (χ1n) is 9.29. The predicted molar refractivity (Wildman–Crippen MR) is 117 cm³/mol. The van der Waals surface area contributed by atoms with Crippen LogP contribution in [-0.2, 0) is 0 Å². The Bertz CT molecular complexity index is 1190. The van der Waals surface area contributed by atoms with Crippen LogP contribution in [0.25, 0.3) is 21.5 Å². The molecule has 0 aliphatic rings. The Labute approximate surface area is 172 Å². The zero-order valence-electron chi connectivity index (χ0n) is 15.8. The molecule has 0 spiro atoms. The van der Waals surface area contributed by atoms with E-state index in [1.54, 1.807) is 35.6 Å². The van der Waals surface area contributed by atoms with E-state index in [2.05, 4.69) is 10.6 Å². The highest BCUT2D eigenvalue weighted by molar-refractivity contribution is 7.13. The summed E-state index contributed by atoms with van der Waals surface area (Å²) in [6.07, 6.45) is 0. The summed E-state index contributed by atoms with van der Waals surface area (Å²) in [5.41, 5.74) is 3.14. The molecule has 2 N–H and O–H groups in total. The maximum absolute atomic E-state index is 13.1. The summed E-state index contributed by atoms with van der Waals surface area (Å²) in [6, 6.07) is 20.3. The Morgan fingerprint density at radius 1 is 0.966 bits per heavy atom. The van der Waals surface area contributed by atoms with Crippen molar-refractivity contribution in [3.05, 3.63) is 83.2 Å². The smallest absolute Gasteiger partial charge is 0.256 e. The van der Waals surface area contributed by atoms with Gasteiger partial charge in [-0.05, 0) is 48.7 Å². The average molecular weight is 401 g/mol. The molecule has 0 aliphatic heterocycles. The summed E-state index contributed by atoms with van der Waals surface area (Å²) in [5.74, 6) is -0.410. The molecular formula is C23H19N3O2S. The highest BCUT2D eigenvalue weighted by atomic mass is 32.1. The molecule has 144 valence electrons. The van der Waals surface area contributed by atoms with Gasteiger partial charge in [0.15, 0.2) is 0 Å². The van der Waals surface area contributed by atoms with Crippen molar-refractivity contribution < 1.29 is 9.59 Å². The van der Waals surface area contributed by atoms with E-state index >= 15 is 0 Å². The van der Waals surface area contributed by atoms with Gasteiger partial charge in [-0.15, -0.1) is 11.3 Å². The van der Waals surface area contributed by atoms with E-state index in [1.807, 2.05) is 54.8 Å². The molecule has 0 aliphatic carbocycles. The number of hydrogen-bond donors (Lipinski definition) is 2. The summed E-state index contributed by atoms with van der Waals surface area (Å²) in [4.78, 5) is 30.9. The van der Waals surface area contributed by atoms with E-state index in [1.165, 1.54) is 0 Å². The topological polar surface area (TPSA) is 71.1 Å². The fourth-order valence-corrected chi connectivity index (χ4v) is 3.80. The monoisotopic (exact) mass is 401 g/mol. The molecule has 29 heavy (non-hydrogen) atoms. The predicted octanol–water partition coefficient (Wildman–Crippen LogP) is 4.97. The average Bonchev–Trinajstić information content (AvgIpc) is 3.28. The first-order chi connectivity index (χ1) is 14.2. The number of anilines is 1. The summed E-state index contributed by atoms with van der Waals surface area (Å²) in [7, 11) is 0. The van der Waals surface area contributed by atoms with Crippen LogP contribution in [0.5, 0.6) is 0 Å². The Morgan fingerprint density at radius 2 is 1.83 bits per heavy atom. The highest BCUT2D eigenvalue weighted by Crippen LogP contribution is 2.28. The molecule has 2 aromatic heterocycles. The third-order valence-electron chi connectivity index (χ3n) is 4.45. The number of pyridine rings is 1. The largest absolute Gasteiger partial charge is 0.352 e. The van der Waals surface area contributed by atoms with E-state index in [0.717, 1.165) is 21.5 Å². The number of carbonyl (C=O) groups excluding carboxylic acids is 2. The van der Waals surface area contributed by atoms with Crippen molar-refractivity contribution in [2.24, 2.45) is 0 Å². The minimum atomic E-state index is -0.241. The minimum absolute atomic E-state index is 0.169. The fourth-order valence-electron chi connectivity index (χ4n) is 3.11. The van der Waals surface area contributed by atoms with E-state index in [9.17, 15) is 9.59 Å². The lowest BCUT2D eigenvalue weighted by Crippen LogP contribution is -2.22. The minimum Gasteiger partial charge on any atom is -0.352 e. The number of aromatic nitrogens is 1. The van der Waals surface area contributed by atoms with Gasteiger partial charge in [0.2, 0.25) is 0 Å². The van der Waals surface area contributed by atoms with Crippen LogP contribution in [0.4, 0.5) is 5.69 Å². The van der Waals surface area contributed by atoms with Gasteiger partial charge in [0, 0.05) is 23.2 Å². The van der Waals surface area contributed by atoms with Gasteiger partial charge in [-0.2, -0.15) is 0 Å². The molecule has 0 saturated heterocycles. The Hall–Kier alpha value is -3.51. The molecule has 0 bridgehead atoms. The second kappa shape index (κ2) is 8.24. The third kappa shape index (κ3) is 4.02. The van der Waals surface area contributed by atoms with Crippen LogP contribution in [0.3, 0.4) is 0 Å². The number of benzene rings is 2. The molecule has 0 unspecified atom stereocenters. The van der Waals surface area contributed by atoms with Crippen molar-refractivity contribution in [3.63, 3.8) is 0 Å². The van der Waals surface area contributed by atoms with Crippen molar-refractivity contribution in [2.45, 2.75) is 6.92 Å². The van der Waals surface area contributed by atoms with Gasteiger partial charge in [-0.3, -0.25) is 9.59 Å². The Kier molecular flexibility index (Phi) is 5.35. The van der Waals surface area contributed by atoms with E-state index in [4.69, 9.17) is 4.98 Å². The molecule has 4 rings (SSSR count). The molecule has 6 heteroatoms. The van der Waals surface area contributed by atoms with E-state index in [-0.39, 0.29) is 11.8 Å². The van der Waals surface area contributed by atoms with Crippen LogP contribution in [0, 0.1) is 0 Å². The number of carbonyl (C=O) groups is 2. The normalized spacial score (nSPS) is 10.7. The van der Waals surface area contributed by atoms with Crippen molar-refractivity contribution in [1.82, 2.24) is 10.3 Å². The quantitative estimate of drug-likeness (QED) is 0.496. The molecule has 0 fully saturated rings. The molecule has 5 nitrogen and oxygen atoms in total. The lowest BCUT2D eigenvalue weighted by atomic mass is 10.1. The Balaban J connectivity index is 1.70. The van der Waals surface area contributed by atoms with Crippen LogP contribution in [0.2, 0.25) is 0 Å². The van der Waals surface area contributed by atoms with Gasteiger partial charge in [0.1, 0.15) is 0 Å². The number of thiophene rings is 1. The molecule has 0 radical (unpaired) electrons. The number of hydrogen-bond acceptors (Lipinski definition) is 4. The lowest BCUT2D eigenvalue weighted by Gasteiger charge is -2.11. The molecular weight excluding hydrogens is 382 g/mol. The summed E-state index contributed by atoms with van der Waals surface area (Å²) in [6.45, 7) is 2.41. The van der Waals surface area contributed by atoms with Gasteiger partial charge in [0.05, 0.1) is 21.7 Å². The number of nitrogens with one attached hydrogen (secondary N) is 2. The number of nitrogens with zero attached hydrogens (tertiary/aromatic N) is 1. The Morgan fingerprint density at radius 3 is 2.62 bits per heavy atom. The zero-order chi connectivity index (χ0) is 20.2. The van der Waals surface area contributed by atoms with Gasteiger partial charge in [0.25, 0.3) is 11.8 Å². The molecule has 2 heterocycles. The maximum atomic E-state index is 13.1.